The molecule has 1 heterocycles. The molecule has 0 aromatic carbocycles. The van der Waals surface area contributed by atoms with E-state index >= 15 is 0 Å². The third-order valence-electron chi connectivity index (χ3n) is 2.22. The molecular weight excluding hydrogens is 136 g/mol. The lowest BCUT2D eigenvalue weighted by Gasteiger charge is -2.09. The van der Waals surface area contributed by atoms with Gasteiger partial charge in [0.15, 0.2) is 0 Å². The topological polar surface area (TPSA) is 28.7 Å². The van der Waals surface area contributed by atoms with Crippen LogP contribution in [-0.2, 0) is 6.42 Å². The molecule has 0 bridgehead atoms. The van der Waals surface area contributed by atoms with Crippen LogP contribution in [0.5, 0.6) is 0 Å². The Labute approximate surface area is 68.0 Å². The summed E-state index contributed by atoms with van der Waals surface area (Å²) in [7, 11) is 0. The SMILES string of the molecule is CCC(CC)Cc1cnc[nH]1. The number of nitrogens with zero attached hydrogens (tertiary/aromatic N) is 1. The van der Waals surface area contributed by atoms with Crippen LogP contribution in [0.2, 0.25) is 0 Å². The fourth-order valence-electron chi connectivity index (χ4n) is 1.28. The highest BCUT2D eigenvalue weighted by Crippen LogP contribution is 2.12. The van der Waals surface area contributed by atoms with Crippen LogP contribution in [0.25, 0.3) is 0 Å². The van der Waals surface area contributed by atoms with Crippen molar-refractivity contribution in [3.05, 3.63) is 18.2 Å². The predicted octanol–water partition coefficient (Wildman–Crippen LogP) is 2.39. The fraction of sp³-hybridized carbons (Fsp3) is 0.667. The molecule has 0 aliphatic heterocycles. The van der Waals surface area contributed by atoms with Crippen LogP contribution in [0.1, 0.15) is 32.4 Å². The maximum atomic E-state index is 3.99. The van der Waals surface area contributed by atoms with Crippen molar-refractivity contribution in [1.82, 2.24) is 9.97 Å². The lowest BCUT2D eigenvalue weighted by Crippen LogP contribution is -2.01. The van der Waals surface area contributed by atoms with Crippen molar-refractivity contribution in [2.45, 2.75) is 33.1 Å². The molecule has 1 aromatic rings. The monoisotopic (exact) mass is 152 g/mol. The van der Waals surface area contributed by atoms with E-state index in [0.717, 1.165) is 12.3 Å². The van der Waals surface area contributed by atoms with E-state index in [1.165, 1.54) is 18.5 Å². The predicted molar refractivity (Wildman–Crippen MR) is 46.4 cm³/mol. The third kappa shape index (κ3) is 2.37. The normalized spacial score (nSPS) is 10.8. The van der Waals surface area contributed by atoms with Crippen LogP contribution in [0.15, 0.2) is 12.5 Å². The maximum Gasteiger partial charge on any atom is 0.0921 e. The molecule has 0 amide bonds. The molecule has 0 saturated heterocycles. The molecule has 0 aliphatic carbocycles. The standard InChI is InChI=1S/C9H16N2/c1-3-8(4-2)5-9-6-10-7-11-9/h6-8H,3-5H2,1-2H3,(H,10,11). The zero-order chi connectivity index (χ0) is 8.10. The Morgan fingerprint density at radius 1 is 1.45 bits per heavy atom. The summed E-state index contributed by atoms with van der Waals surface area (Å²) < 4.78 is 0. The highest BCUT2D eigenvalue weighted by molar-refractivity contribution is 4.95. The smallest absolute Gasteiger partial charge is 0.0921 e. The van der Waals surface area contributed by atoms with Crippen molar-refractivity contribution in [2.24, 2.45) is 5.92 Å². The summed E-state index contributed by atoms with van der Waals surface area (Å²) in [6.07, 6.45) is 7.33. The van der Waals surface area contributed by atoms with E-state index in [0.29, 0.717) is 0 Å². The highest BCUT2D eigenvalue weighted by Gasteiger charge is 2.04. The number of hydrogen-bond donors (Lipinski definition) is 1. The second-order valence-electron chi connectivity index (χ2n) is 2.96. The van der Waals surface area contributed by atoms with E-state index in [4.69, 9.17) is 0 Å². The summed E-state index contributed by atoms with van der Waals surface area (Å²) in [6, 6.07) is 0. The van der Waals surface area contributed by atoms with Crippen LogP contribution in [0, 0.1) is 5.92 Å². The van der Waals surface area contributed by atoms with Crippen molar-refractivity contribution >= 4 is 0 Å². The average molecular weight is 152 g/mol. The summed E-state index contributed by atoms with van der Waals surface area (Å²) >= 11 is 0. The van der Waals surface area contributed by atoms with E-state index in [2.05, 4.69) is 23.8 Å². The first-order chi connectivity index (χ1) is 5.36. The first kappa shape index (κ1) is 8.31. The molecule has 0 spiro atoms. The van der Waals surface area contributed by atoms with Crippen LogP contribution in [0.3, 0.4) is 0 Å². The van der Waals surface area contributed by atoms with Crippen LogP contribution in [0.4, 0.5) is 0 Å². The summed E-state index contributed by atoms with van der Waals surface area (Å²) in [6.45, 7) is 4.48. The molecule has 2 heteroatoms. The number of hydrogen-bond acceptors (Lipinski definition) is 1. The molecule has 11 heavy (non-hydrogen) atoms. The van der Waals surface area contributed by atoms with Crippen molar-refractivity contribution in [3.8, 4) is 0 Å². The third-order valence-corrected chi connectivity index (χ3v) is 2.22. The Morgan fingerprint density at radius 3 is 2.64 bits per heavy atom. The summed E-state index contributed by atoms with van der Waals surface area (Å²) in [5.74, 6) is 0.815. The van der Waals surface area contributed by atoms with Crippen molar-refractivity contribution in [2.75, 3.05) is 0 Å². The van der Waals surface area contributed by atoms with Gasteiger partial charge in [0, 0.05) is 11.9 Å². The van der Waals surface area contributed by atoms with E-state index in [1.807, 2.05) is 6.20 Å². The van der Waals surface area contributed by atoms with Crippen molar-refractivity contribution < 1.29 is 0 Å². The van der Waals surface area contributed by atoms with Gasteiger partial charge in [0.2, 0.25) is 0 Å². The number of aromatic nitrogens is 2. The second-order valence-corrected chi connectivity index (χ2v) is 2.96. The summed E-state index contributed by atoms with van der Waals surface area (Å²) in [4.78, 5) is 7.11. The quantitative estimate of drug-likeness (QED) is 0.705. The van der Waals surface area contributed by atoms with E-state index in [1.54, 1.807) is 6.33 Å². The number of nitrogens with one attached hydrogen (secondary N) is 1. The minimum absolute atomic E-state index is 0.815. The zero-order valence-corrected chi connectivity index (χ0v) is 7.30. The number of rotatable bonds is 4. The molecule has 0 fully saturated rings. The molecular formula is C9H16N2. The minimum atomic E-state index is 0.815. The van der Waals surface area contributed by atoms with E-state index in [9.17, 15) is 0 Å². The van der Waals surface area contributed by atoms with Crippen LogP contribution >= 0.6 is 0 Å². The first-order valence-corrected chi connectivity index (χ1v) is 4.34. The molecule has 0 unspecified atom stereocenters. The lowest BCUT2D eigenvalue weighted by molar-refractivity contribution is 0.486. The Bertz CT molecular complexity index is 175. The zero-order valence-electron chi connectivity index (χ0n) is 7.30. The number of imidazole rings is 1. The Kier molecular flexibility index (Phi) is 3.14. The minimum Gasteiger partial charge on any atom is -0.348 e. The number of aromatic amines is 1. The Morgan fingerprint density at radius 2 is 2.18 bits per heavy atom. The molecule has 1 aromatic heterocycles. The van der Waals surface area contributed by atoms with Gasteiger partial charge >= 0.3 is 0 Å². The second kappa shape index (κ2) is 4.16. The summed E-state index contributed by atoms with van der Waals surface area (Å²) in [5, 5.41) is 0. The average Bonchev–Trinajstić information content (AvgIpc) is 2.52. The Balaban J connectivity index is 2.41. The van der Waals surface area contributed by atoms with E-state index in [-0.39, 0.29) is 0 Å². The molecule has 0 radical (unpaired) electrons. The van der Waals surface area contributed by atoms with Crippen molar-refractivity contribution in [3.63, 3.8) is 0 Å². The number of H-pyrrole nitrogens is 1. The van der Waals surface area contributed by atoms with Gasteiger partial charge in [-0.25, -0.2) is 4.98 Å². The van der Waals surface area contributed by atoms with Gasteiger partial charge in [0.05, 0.1) is 6.33 Å². The lowest BCUT2D eigenvalue weighted by atomic mass is 9.98. The molecule has 2 nitrogen and oxygen atoms in total. The molecule has 62 valence electrons. The van der Waals surface area contributed by atoms with Gasteiger partial charge in [-0.05, 0) is 12.3 Å². The maximum absolute atomic E-state index is 3.99. The molecule has 1 N–H and O–H groups in total. The van der Waals surface area contributed by atoms with Crippen molar-refractivity contribution in [1.29, 1.82) is 0 Å². The van der Waals surface area contributed by atoms with Crippen LogP contribution in [-0.4, -0.2) is 9.97 Å². The largest absolute Gasteiger partial charge is 0.348 e. The van der Waals surface area contributed by atoms with Gasteiger partial charge in [-0.15, -0.1) is 0 Å². The first-order valence-electron chi connectivity index (χ1n) is 4.34. The Hall–Kier alpha value is -0.790. The molecule has 0 aliphatic rings. The molecule has 1 rings (SSSR count). The van der Waals surface area contributed by atoms with Gasteiger partial charge in [-0.2, -0.15) is 0 Å². The van der Waals surface area contributed by atoms with Gasteiger partial charge in [0.25, 0.3) is 0 Å². The molecule has 0 saturated carbocycles. The van der Waals surface area contributed by atoms with Gasteiger partial charge in [0.1, 0.15) is 0 Å². The summed E-state index contributed by atoms with van der Waals surface area (Å²) in [5.41, 5.74) is 1.26. The van der Waals surface area contributed by atoms with E-state index < -0.39 is 0 Å². The highest BCUT2D eigenvalue weighted by atomic mass is 14.9. The van der Waals surface area contributed by atoms with Gasteiger partial charge < -0.3 is 4.98 Å². The van der Waals surface area contributed by atoms with Gasteiger partial charge in [-0.1, -0.05) is 26.7 Å². The van der Waals surface area contributed by atoms with Crippen LogP contribution < -0.4 is 0 Å². The van der Waals surface area contributed by atoms with Gasteiger partial charge in [-0.3, -0.25) is 0 Å². The fourth-order valence-corrected chi connectivity index (χ4v) is 1.28. The molecule has 0 atom stereocenters.